The number of aryl methyl sites for hydroxylation is 1. The van der Waals surface area contributed by atoms with Crippen LogP contribution in [0.4, 0.5) is 28.8 Å². The van der Waals surface area contributed by atoms with Crippen molar-refractivity contribution in [3.63, 3.8) is 0 Å². The lowest BCUT2D eigenvalue weighted by Gasteiger charge is -2.28. The van der Waals surface area contributed by atoms with Crippen LogP contribution >= 0.6 is 15.9 Å². The van der Waals surface area contributed by atoms with E-state index in [1.165, 1.54) is 4.31 Å². The number of halogens is 1. The molecule has 4 aromatic rings. The van der Waals surface area contributed by atoms with Gasteiger partial charge in [-0.2, -0.15) is 10.1 Å². The van der Waals surface area contributed by atoms with Crippen molar-refractivity contribution in [1.82, 2.24) is 19.7 Å². The second-order valence-electron chi connectivity index (χ2n) is 7.92. The van der Waals surface area contributed by atoms with E-state index in [1.807, 2.05) is 49.6 Å². The maximum absolute atomic E-state index is 11.9. The van der Waals surface area contributed by atoms with Crippen molar-refractivity contribution in [3.8, 4) is 0 Å². The normalized spacial score (nSPS) is 14.3. The van der Waals surface area contributed by atoms with Crippen molar-refractivity contribution in [2.24, 2.45) is 13.0 Å². The number of para-hydroxylation sites is 2. The fourth-order valence-corrected chi connectivity index (χ4v) is 4.51. The minimum absolute atomic E-state index is 0.405. The van der Waals surface area contributed by atoms with E-state index in [2.05, 4.69) is 41.6 Å². The fraction of sp³-hybridized carbons (Fsp3) is 0.227. The van der Waals surface area contributed by atoms with Crippen LogP contribution in [0.5, 0.6) is 0 Å². The Hall–Kier alpha value is -3.02. The van der Waals surface area contributed by atoms with Gasteiger partial charge in [-0.3, -0.25) is 8.89 Å². The van der Waals surface area contributed by atoms with Crippen LogP contribution in [0.3, 0.4) is 0 Å². The standard InChI is InChI=1S/C22H22BrN7O2S/c1-29-20-10-16(9-8-15(20)11-25-29)26-22-24-12-17(23)21(28-22)27-18-4-2-3-5-19(18)30(33(31)32)13-14-6-7-14/h2-5,8-12,14H,6-7,13H2,1H3,(H,31,32)(H2,24,26,27,28)/p-1. The lowest BCUT2D eigenvalue weighted by molar-refractivity contribution is 0.530. The lowest BCUT2D eigenvalue weighted by atomic mass is 10.2. The molecule has 11 heteroatoms. The van der Waals surface area contributed by atoms with E-state index in [0.29, 0.717) is 40.1 Å². The van der Waals surface area contributed by atoms with Crippen molar-refractivity contribution in [3.05, 3.63) is 59.3 Å². The Bertz CT molecular complexity index is 1340. The first kappa shape index (κ1) is 21.8. The molecular weight excluding hydrogens is 506 g/mol. The van der Waals surface area contributed by atoms with E-state index < -0.39 is 11.3 Å². The number of hydrogen-bond acceptors (Lipinski definition) is 7. The van der Waals surface area contributed by atoms with E-state index in [9.17, 15) is 8.76 Å². The second kappa shape index (κ2) is 9.08. The molecule has 1 atom stereocenters. The third-order valence-corrected chi connectivity index (χ3v) is 6.76. The minimum atomic E-state index is -2.37. The summed E-state index contributed by atoms with van der Waals surface area (Å²) in [6, 6.07) is 13.2. The van der Waals surface area contributed by atoms with Crippen molar-refractivity contribution in [1.29, 1.82) is 0 Å². The van der Waals surface area contributed by atoms with E-state index in [1.54, 1.807) is 16.9 Å². The Morgan fingerprint density at radius 1 is 1.21 bits per heavy atom. The Morgan fingerprint density at radius 3 is 2.82 bits per heavy atom. The quantitative estimate of drug-likeness (QED) is 0.322. The molecule has 1 aliphatic rings. The zero-order valence-corrected chi connectivity index (χ0v) is 20.1. The molecule has 0 saturated heterocycles. The molecule has 2 N–H and O–H groups in total. The summed E-state index contributed by atoms with van der Waals surface area (Å²) in [5.41, 5.74) is 3.05. The predicted molar refractivity (Wildman–Crippen MR) is 132 cm³/mol. The Labute approximate surface area is 201 Å². The summed E-state index contributed by atoms with van der Waals surface area (Å²) in [7, 11) is 1.89. The fourth-order valence-electron chi connectivity index (χ4n) is 3.56. The topological polar surface area (TPSA) is 111 Å². The summed E-state index contributed by atoms with van der Waals surface area (Å²) >= 11 is 1.12. The van der Waals surface area contributed by atoms with Crippen molar-refractivity contribution in [2.45, 2.75) is 12.8 Å². The van der Waals surface area contributed by atoms with Crippen LogP contribution in [0.1, 0.15) is 12.8 Å². The molecule has 0 aliphatic heterocycles. The molecule has 2 heterocycles. The number of benzene rings is 2. The molecule has 1 aliphatic carbocycles. The lowest BCUT2D eigenvalue weighted by Crippen LogP contribution is -2.28. The maximum atomic E-state index is 11.9. The van der Waals surface area contributed by atoms with E-state index in [4.69, 9.17) is 0 Å². The summed E-state index contributed by atoms with van der Waals surface area (Å²) in [6.07, 6.45) is 5.58. The molecule has 170 valence electrons. The molecule has 1 saturated carbocycles. The number of nitrogens with one attached hydrogen (secondary N) is 2. The van der Waals surface area contributed by atoms with Gasteiger partial charge in [-0.15, -0.1) is 0 Å². The van der Waals surface area contributed by atoms with Crippen molar-refractivity contribution < 1.29 is 8.76 Å². The van der Waals surface area contributed by atoms with Gasteiger partial charge in [0.25, 0.3) is 0 Å². The summed E-state index contributed by atoms with van der Waals surface area (Å²) in [6.45, 7) is 0.475. The van der Waals surface area contributed by atoms with Crippen LogP contribution in [0.25, 0.3) is 10.9 Å². The number of fused-ring (bicyclic) bond motifs is 1. The van der Waals surface area contributed by atoms with Gasteiger partial charge in [-0.05, 0) is 65.0 Å². The SMILES string of the molecule is Cn1ncc2ccc(Nc3ncc(Br)c(Nc4ccccc4N(CC4CC4)S(=O)[O-])n3)cc21. The van der Waals surface area contributed by atoms with Gasteiger partial charge >= 0.3 is 0 Å². The number of nitrogens with zero attached hydrogens (tertiary/aromatic N) is 5. The smallest absolute Gasteiger partial charge is 0.229 e. The average molecular weight is 527 g/mol. The molecule has 5 rings (SSSR count). The highest BCUT2D eigenvalue weighted by atomic mass is 79.9. The molecule has 0 amide bonds. The van der Waals surface area contributed by atoms with Crippen LogP contribution in [-0.4, -0.2) is 35.1 Å². The van der Waals surface area contributed by atoms with Gasteiger partial charge in [0.2, 0.25) is 5.95 Å². The first-order chi connectivity index (χ1) is 16.0. The summed E-state index contributed by atoms with van der Waals surface area (Å²) < 4.78 is 27.7. The average Bonchev–Trinajstić information content (AvgIpc) is 3.56. The van der Waals surface area contributed by atoms with Crippen LogP contribution in [0, 0.1) is 5.92 Å². The third-order valence-electron chi connectivity index (χ3n) is 5.48. The number of rotatable bonds is 8. The largest absolute Gasteiger partial charge is 0.755 e. The zero-order valence-electron chi connectivity index (χ0n) is 17.7. The van der Waals surface area contributed by atoms with Crippen molar-refractivity contribution >= 4 is 66.9 Å². The molecule has 2 aromatic heterocycles. The predicted octanol–water partition coefficient (Wildman–Crippen LogP) is 4.62. The molecule has 0 radical (unpaired) electrons. The van der Waals surface area contributed by atoms with Crippen LogP contribution in [-0.2, 0) is 18.3 Å². The van der Waals surface area contributed by atoms with Crippen LogP contribution < -0.4 is 14.9 Å². The minimum Gasteiger partial charge on any atom is -0.755 e. The number of hydrogen-bond donors (Lipinski definition) is 2. The first-order valence-corrected chi connectivity index (χ1v) is 12.2. The third kappa shape index (κ3) is 4.85. The first-order valence-electron chi connectivity index (χ1n) is 10.4. The van der Waals surface area contributed by atoms with Gasteiger partial charge in [0.05, 0.1) is 27.6 Å². The zero-order chi connectivity index (χ0) is 22.9. The molecule has 1 unspecified atom stereocenters. The van der Waals surface area contributed by atoms with E-state index in [0.717, 1.165) is 29.4 Å². The highest BCUT2D eigenvalue weighted by Crippen LogP contribution is 2.36. The molecular formula is C22H21BrN7O2S-. The Morgan fingerprint density at radius 2 is 2.03 bits per heavy atom. The monoisotopic (exact) mass is 526 g/mol. The summed E-state index contributed by atoms with van der Waals surface area (Å²) in [5.74, 6) is 1.33. The van der Waals surface area contributed by atoms with Crippen molar-refractivity contribution in [2.75, 3.05) is 21.5 Å². The summed E-state index contributed by atoms with van der Waals surface area (Å²) in [4.78, 5) is 8.96. The highest BCUT2D eigenvalue weighted by Gasteiger charge is 2.26. The van der Waals surface area contributed by atoms with Gasteiger partial charge in [0.15, 0.2) is 0 Å². The van der Waals surface area contributed by atoms with Gasteiger partial charge in [0.1, 0.15) is 5.82 Å². The van der Waals surface area contributed by atoms with Gasteiger partial charge in [-0.1, -0.05) is 12.1 Å². The maximum Gasteiger partial charge on any atom is 0.229 e. The molecule has 9 nitrogen and oxygen atoms in total. The highest BCUT2D eigenvalue weighted by molar-refractivity contribution is 9.10. The second-order valence-corrected chi connectivity index (χ2v) is 9.65. The van der Waals surface area contributed by atoms with E-state index in [-0.39, 0.29) is 0 Å². The number of anilines is 5. The van der Waals surface area contributed by atoms with Crippen LogP contribution in [0.15, 0.2) is 59.3 Å². The molecule has 0 spiro atoms. The van der Waals surface area contributed by atoms with Gasteiger partial charge in [-0.25, -0.2) is 4.98 Å². The molecule has 2 aromatic carbocycles. The van der Waals surface area contributed by atoms with E-state index >= 15 is 0 Å². The summed E-state index contributed by atoms with van der Waals surface area (Å²) in [5, 5.41) is 11.8. The number of aromatic nitrogens is 4. The molecule has 0 bridgehead atoms. The van der Waals surface area contributed by atoms with Gasteiger partial charge in [0, 0.05) is 42.1 Å². The van der Waals surface area contributed by atoms with Crippen LogP contribution in [0.2, 0.25) is 0 Å². The Kier molecular flexibility index (Phi) is 6.00. The van der Waals surface area contributed by atoms with Gasteiger partial charge < -0.3 is 19.5 Å². The Balaban J connectivity index is 1.42. The molecule has 33 heavy (non-hydrogen) atoms. The molecule has 1 fully saturated rings.